The Kier molecular flexibility index (Phi) is 5.31. The Morgan fingerprint density at radius 3 is 3.05 bits per heavy atom. The quantitative estimate of drug-likeness (QED) is 0.848. The molecule has 20 heavy (non-hydrogen) atoms. The second kappa shape index (κ2) is 6.99. The van der Waals surface area contributed by atoms with Crippen molar-refractivity contribution in [3.05, 3.63) is 29.6 Å². The van der Waals surface area contributed by atoms with Crippen LogP contribution in [0.5, 0.6) is 0 Å². The van der Waals surface area contributed by atoms with Crippen molar-refractivity contribution in [2.45, 2.75) is 32.3 Å². The summed E-state index contributed by atoms with van der Waals surface area (Å²) in [5, 5.41) is 0. The molecule has 2 rings (SSSR count). The van der Waals surface area contributed by atoms with Gasteiger partial charge in [0.25, 0.3) is 0 Å². The van der Waals surface area contributed by atoms with E-state index in [1.807, 2.05) is 6.07 Å². The van der Waals surface area contributed by atoms with Crippen molar-refractivity contribution in [2.75, 3.05) is 24.6 Å². The second-order valence-corrected chi connectivity index (χ2v) is 5.52. The molecule has 1 unspecified atom stereocenters. The standard InChI is InChI=1S/C15H21FN2OS/c1-2-9-19-11-5-4-8-18(10-11)13-7-3-6-12(16)14(13)15(17)20/h3,6-7,11H,2,4-5,8-10H2,1H3,(H2,17,20). The number of hydrogen-bond donors (Lipinski definition) is 1. The summed E-state index contributed by atoms with van der Waals surface area (Å²) in [5.41, 5.74) is 6.80. The first-order valence-corrected chi connectivity index (χ1v) is 7.49. The lowest BCUT2D eigenvalue weighted by atomic mass is 10.0. The molecule has 5 heteroatoms. The molecule has 0 radical (unpaired) electrons. The lowest BCUT2D eigenvalue weighted by Crippen LogP contribution is -2.40. The minimum Gasteiger partial charge on any atom is -0.389 e. The molecule has 0 amide bonds. The molecule has 1 aliphatic rings. The molecular formula is C15H21FN2OS. The van der Waals surface area contributed by atoms with E-state index in [2.05, 4.69) is 11.8 Å². The van der Waals surface area contributed by atoms with E-state index in [1.165, 1.54) is 6.07 Å². The largest absolute Gasteiger partial charge is 0.389 e. The Balaban J connectivity index is 2.18. The zero-order valence-electron chi connectivity index (χ0n) is 11.8. The van der Waals surface area contributed by atoms with Gasteiger partial charge in [-0.1, -0.05) is 25.2 Å². The van der Waals surface area contributed by atoms with Crippen LogP contribution in [0.2, 0.25) is 0 Å². The molecule has 0 bridgehead atoms. The van der Waals surface area contributed by atoms with Gasteiger partial charge in [0.2, 0.25) is 0 Å². The van der Waals surface area contributed by atoms with E-state index in [9.17, 15) is 4.39 Å². The average molecular weight is 296 g/mol. The summed E-state index contributed by atoms with van der Waals surface area (Å²) in [5.74, 6) is -0.355. The van der Waals surface area contributed by atoms with Crippen molar-refractivity contribution in [3.63, 3.8) is 0 Å². The Morgan fingerprint density at radius 2 is 2.35 bits per heavy atom. The van der Waals surface area contributed by atoms with Crippen molar-refractivity contribution >= 4 is 22.9 Å². The lowest BCUT2D eigenvalue weighted by Gasteiger charge is -2.35. The van der Waals surface area contributed by atoms with Crippen molar-refractivity contribution < 1.29 is 9.13 Å². The van der Waals surface area contributed by atoms with Gasteiger partial charge in [0, 0.05) is 25.4 Å². The molecule has 2 N–H and O–H groups in total. The van der Waals surface area contributed by atoms with Gasteiger partial charge in [-0.3, -0.25) is 0 Å². The number of piperidine rings is 1. The number of ether oxygens (including phenoxy) is 1. The average Bonchev–Trinajstić information content (AvgIpc) is 2.44. The van der Waals surface area contributed by atoms with E-state index in [0.717, 1.165) is 44.6 Å². The maximum Gasteiger partial charge on any atom is 0.135 e. The third-order valence-corrected chi connectivity index (χ3v) is 3.72. The maximum absolute atomic E-state index is 13.9. The molecule has 1 atom stereocenters. The van der Waals surface area contributed by atoms with E-state index in [-0.39, 0.29) is 16.9 Å². The fraction of sp³-hybridized carbons (Fsp3) is 0.533. The summed E-state index contributed by atoms with van der Waals surface area (Å²) in [6.45, 7) is 4.51. The van der Waals surface area contributed by atoms with Gasteiger partial charge in [-0.15, -0.1) is 0 Å². The Morgan fingerprint density at radius 1 is 1.55 bits per heavy atom. The molecule has 1 heterocycles. The monoisotopic (exact) mass is 296 g/mol. The van der Waals surface area contributed by atoms with Crippen LogP contribution in [0.25, 0.3) is 0 Å². The van der Waals surface area contributed by atoms with Crippen LogP contribution in [0.4, 0.5) is 10.1 Å². The van der Waals surface area contributed by atoms with Crippen LogP contribution in [0, 0.1) is 5.82 Å². The van der Waals surface area contributed by atoms with E-state index < -0.39 is 0 Å². The second-order valence-electron chi connectivity index (χ2n) is 5.08. The van der Waals surface area contributed by atoms with Crippen LogP contribution < -0.4 is 10.6 Å². The summed E-state index contributed by atoms with van der Waals surface area (Å²) in [4.78, 5) is 2.23. The zero-order chi connectivity index (χ0) is 14.5. The number of thiocarbonyl (C=S) groups is 1. The Hall–Kier alpha value is -1.20. The highest BCUT2D eigenvalue weighted by Crippen LogP contribution is 2.27. The highest BCUT2D eigenvalue weighted by atomic mass is 32.1. The number of benzene rings is 1. The van der Waals surface area contributed by atoms with Gasteiger partial charge in [-0.2, -0.15) is 0 Å². The predicted octanol–water partition coefficient (Wildman–Crippen LogP) is 2.86. The van der Waals surface area contributed by atoms with Crippen molar-refractivity contribution in [1.29, 1.82) is 0 Å². The molecule has 1 aromatic rings. The van der Waals surface area contributed by atoms with Gasteiger partial charge in [0.15, 0.2) is 0 Å². The molecule has 0 saturated carbocycles. The number of nitrogens with zero attached hydrogens (tertiary/aromatic N) is 1. The van der Waals surface area contributed by atoms with Crippen LogP contribution in [0.3, 0.4) is 0 Å². The molecule has 1 aromatic carbocycles. The van der Waals surface area contributed by atoms with Gasteiger partial charge >= 0.3 is 0 Å². The maximum atomic E-state index is 13.9. The Labute approximate surface area is 124 Å². The number of anilines is 1. The van der Waals surface area contributed by atoms with Gasteiger partial charge in [0.1, 0.15) is 10.8 Å². The molecule has 1 fully saturated rings. The third kappa shape index (κ3) is 3.46. The SMILES string of the molecule is CCCOC1CCCN(c2cccc(F)c2C(N)=S)C1. The minimum absolute atomic E-state index is 0.106. The normalized spacial score (nSPS) is 19.1. The smallest absolute Gasteiger partial charge is 0.135 e. The van der Waals surface area contributed by atoms with E-state index in [4.69, 9.17) is 22.7 Å². The topological polar surface area (TPSA) is 38.5 Å². The number of hydrogen-bond acceptors (Lipinski definition) is 3. The molecule has 0 aliphatic carbocycles. The zero-order valence-corrected chi connectivity index (χ0v) is 12.6. The highest BCUT2D eigenvalue weighted by Gasteiger charge is 2.24. The van der Waals surface area contributed by atoms with E-state index in [0.29, 0.717) is 5.56 Å². The van der Waals surface area contributed by atoms with Crippen LogP contribution in [0.1, 0.15) is 31.7 Å². The number of rotatable bonds is 5. The van der Waals surface area contributed by atoms with Crippen LogP contribution in [-0.2, 0) is 4.74 Å². The fourth-order valence-corrected chi connectivity index (χ4v) is 2.80. The molecule has 0 spiro atoms. The molecule has 0 aromatic heterocycles. The lowest BCUT2D eigenvalue weighted by molar-refractivity contribution is 0.0440. The number of halogens is 1. The third-order valence-electron chi connectivity index (χ3n) is 3.51. The first kappa shape index (κ1) is 15.2. The van der Waals surface area contributed by atoms with Gasteiger partial charge in [0.05, 0.1) is 11.7 Å². The Bertz CT molecular complexity index is 481. The first-order valence-electron chi connectivity index (χ1n) is 7.08. The molecule has 110 valence electrons. The van der Waals surface area contributed by atoms with Crippen LogP contribution >= 0.6 is 12.2 Å². The van der Waals surface area contributed by atoms with Gasteiger partial charge in [-0.05, 0) is 31.4 Å². The summed E-state index contributed by atoms with van der Waals surface area (Å²) in [6, 6.07) is 4.97. The number of nitrogens with two attached hydrogens (primary N) is 1. The minimum atomic E-state index is -0.355. The molecule has 1 saturated heterocycles. The van der Waals surface area contributed by atoms with E-state index in [1.54, 1.807) is 6.07 Å². The first-order chi connectivity index (χ1) is 9.63. The summed E-state index contributed by atoms with van der Waals surface area (Å²) < 4.78 is 19.7. The van der Waals surface area contributed by atoms with Crippen molar-refractivity contribution in [2.24, 2.45) is 5.73 Å². The fourth-order valence-electron chi connectivity index (χ4n) is 2.60. The molecule has 3 nitrogen and oxygen atoms in total. The van der Waals surface area contributed by atoms with Gasteiger partial charge in [-0.25, -0.2) is 4.39 Å². The molecular weight excluding hydrogens is 275 g/mol. The highest BCUT2D eigenvalue weighted by molar-refractivity contribution is 7.80. The van der Waals surface area contributed by atoms with Gasteiger partial charge < -0.3 is 15.4 Å². The predicted molar refractivity (Wildman–Crippen MR) is 83.8 cm³/mol. The molecule has 1 aliphatic heterocycles. The summed E-state index contributed by atoms with van der Waals surface area (Å²) >= 11 is 4.99. The van der Waals surface area contributed by atoms with Crippen LogP contribution in [-0.4, -0.2) is 30.8 Å². The summed E-state index contributed by atoms with van der Waals surface area (Å²) in [7, 11) is 0. The van der Waals surface area contributed by atoms with Crippen LogP contribution in [0.15, 0.2) is 18.2 Å². The van der Waals surface area contributed by atoms with E-state index >= 15 is 0 Å². The van der Waals surface area contributed by atoms with Crippen molar-refractivity contribution in [1.82, 2.24) is 0 Å². The van der Waals surface area contributed by atoms with Crippen molar-refractivity contribution in [3.8, 4) is 0 Å². The summed E-state index contributed by atoms with van der Waals surface area (Å²) in [6.07, 6.45) is 3.29.